The molecule has 1 aromatic rings. The number of rotatable bonds is 5. The summed E-state index contributed by atoms with van der Waals surface area (Å²) in [5.74, 6) is 0.154. The van der Waals surface area contributed by atoms with E-state index in [-0.39, 0.29) is 11.9 Å². The zero-order valence-electron chi connectivity index (χ0n) is 9.49. The molecule has 1 aromatic carbocycles. The van der Waals surface area contributed by atoms with Crippen molar-refractivity contribution in [3.8, 4) is 0 Å². The summed E-state index contributed by atoms with van der Waals surface area (Å²) in [6, 6.07) is 10.4. The number of hydrogen-bond acceptors (Lipinski definition) is 1. The molecule has 0 bridgehead atoms. The predicted molar refractivity (Wildman–Crippen MR) is 62.7 cm³/mol. The van der Waals surface area contributed by atoms with Gasteiger partial charge in [-0.3, -0.25) is 4.79 Å². The van der Waals surface area contributed by atoms with Crippen molar-refractivity contribution in [3.63, 3.8) is 0 Å². The predicted octanol–water partition coefficient (Wildman–Crippen LogP) is 2.53. The van der Waals surface area contributed by atoms with Gasteiger partial charge in [-0.25, -0.2) is 0 Å². The highest BCUT2D eigenvalue weighted by molar-refractivity contribution is 5.76. The number of carbonyl (C=O) groups excluding carboxylic acids is 1. The normalized spacial score (nSPS) is 12.1. The molecular formula is C13H19NO. The number of carbonyl (C=O) groups is 1. The van der Waals surface area contributed by atoms with Crippen molar-refractivity contribution in [1.29, 1.82) is 0 Å². The van der Waals surface area contributed by atoms with Crippen LogP contribution in [0.1, 0.15) is 32.3 Å². The van der Waals surface area contributed by atoms with Gasteiger partial charge in [0, 0.05) is 12.5 Å². The van der Waals surface area contributed by atoms with Gasteiger partial charge in [-0.1, -0.05) is 37.3 Å². The first-order chi connectivity index (χ1) is 7.22. The Morgan fingerprint density at radius 1 is 1.33 bits per heavy atom. The van der Waals surface area contributed by atoms with Crippen molar-refractivity contribution in [2.45, 2.75) is 39.2 Å². The molecule has 0 saturated carbocycles. The van der Waals surface area contributed by atoms with Crippen LogP contribution in [0, 0.1) is 0 Å². The quantitative estimate of drug-likeness (QED) is 0.786. The molecule has 15 heavy (non-hydrogen) atoms. The van der Waals surface area contributed by atoms with Crippen molar-refractivity contribution < 1.29 is 4.79 Å². The molecular weight excluding hydrogens is 186 g/mol. The van der Waals surface area contributed by atoms with Crippen LogP contribution in [0.2, 0.25) is 0 Å². The van der Waals surface area contributed by atoms with E-state index < -0.39 is 0 Å². The Balaban J connectivity index is 2.36. The third kappa shape index (κ3) is 4.63. The van der Waals surface area contributed by atoms with Gasteiger partial charge in [0.2, 0.25) is 5.91 Å². The fourth-order valence-corrected chi connectivity index (χ4v) is 1.59. The summed E-state index contributed by atoms with van der Waals surface area (Å²) in [6.07, 6.45) is 2.43. The zero-order valence-corrected chi connectivity index (χ0v) is 9.49. The van der Waals surface area contributed by atoms with E-state index in [0.717, 1.165) is 12.8 Å². The second-order valence-corrected chi connectivity index (χ2v) is 3.91. The van der Waals surface area contributed by atoms with Crippen LogP contribution >= 0.6 is 0 Å². The number of benzene rings is 1. The summed E-state index contributed by atoms with van der Waals surface area (Å²) in [7, 11) is 0. The van der Waals surface area contributed by atoms with Crippen LogP contribution in [0.4, 0.5) is 0 Å². The SMILES string of the molecule is CCCC(=O)N[C@@H](C)Cc1ccccc1. The summed E-state index contributed by atoms with van der Waals surface area (Å²) >= 11 is 0. The van der Waals surface area contributed by atoms with Gasteiger partial charge in [0.15, 0.2) is 0 Å². The first kappa shape index (κ1) is 11.8. The lowest BCUT2D eigenvalue weighted by Gasteiger charge is -2.13. The minimum Gasteiger partial charge on any atom is -0.353 e. The molecule has 0 aromatic heterocycles. The summed E-state index contributed by atoms with van der Waals surface area (Å²) < 4.78 is 0. The lowest BCUT2D eigenvalue weighted by atomic mass is 10.1. The first-order valence-electron chi connectivity index (χ1n) is 5.55. The van der Waals surface area contributed by atoms with Gasteiger partial charge in [-0.05, 0) is 25.3 Å². The highest BCUT2D eigenvalue weighted by Crippen LogP contribution is 2.02. The molecule has 0 fully saturated rings. The van der Waals surface area contributed by atoms with Crippen LogP contribution in [0.25, 0.3) is 0 Å². The van der Waals surface area contributed by atoms with Gasteiger partial charge in [0.1, 0.15) is 0 Å². The largest absolute Gasteiger partial charge is 0.353 e. The Kier molecular flexibility index (Phi) is 4.88. The van der Waals surface area contributed by atoms with Gasteiger partial charge >= 0.3 is 0 Å². The molecule has 1 rings (SSSR count). The standard InChI is InChI=1S/C13H19NO/c1-3-7-13(15)14-11(2)10-12-8-5-4-6-9-12/h4-6,8-9,11H,3,7,10H2,1-2H3,(H,14,15)/t11-/m0/s1. The van der Waals surface area contributed by atoms with E-state index >= 15 is 0 Å². The van der Waals surface area contributed by atoms with E-state index in [0.29, 0.717) is 6.42 Å². The van der Waals surface area contributed by atoms with E-state index in [2.05, 4.69) is 17.4 Å². The fourth-order valence-electron chi connectivity index (χ4n) is 1.59. The average molecular weight is 205 g/mol. The number of nitrogens with one attached hydrogen (secondary N) is 1. The Morgan fingerprint density at radius 2 is 2.00 bits per heavy atom. The molecule has 0 heterocycles. The molecule has 0 spiro atoms. The van der Waals surface area contributed by atoms with Crippen LogP contribution in [-0.4, -0.2) is 11.9 Å². The van der Waals surface area contributed by atoms with E-state index in [4.69, 9.17) is 0 Å². The molecule has 0 aliphatic rings. The molecule has 1 amide bonds. The monoisotopic (exact) mass is 205 g/mol. The second-order valence-electron chi connectivity index (χ2n) is 3.91. The Morgan fingerprint density at radius 3 is 2.60 bits per heavy atom. The molecule has 0 aliphatic carbocycles. The Labute approximate surface area is 91.7 Å². The Bertz CT molecular complexity index is 295. The molecule has 0 unspecified atom stereocenters. The van der Waals surface area contributed by atoms with E-state index in [1.165, 1.54) is 5.56 Å². The van der Waals surface area contributed by atoms with Gasteiger partial charge in [0.05, 0.1) is 0 Å². The lowest BCUT2D eigenvalue weighted by molar-refractivity contribution is -0.121. The van der Waals surface area contributed by atoms with Crippen LogP contribution in [0.5, 0.6) is 0 Å². The maximum atomic E-state index is 11.3. The third-order valence-corrected chi connectivity index (χ3v) is 2.27. The smallest absolute Gasteiger partial charge is 0.220 e. The molecule has 1 atom stereocenters. The highest BCUT2D eigenvalue weighted by Gasteiger charge is 2.06. The van der Waals surface area contributed by atoms with E-state index in [1.807, 2.05) is 32.0 Å². The van der Waals surface area contributed by atoms with Crippen LogP contribution < -0.4 is 5.32 Å². The third-order valence-electron chi connectivity index (χ3n) is 2.27. The van der Waals surface area contributed by atoms with Gasteiger partial charge < -0.3 is 5.32 Å². The topological polar surface area (TPSA) is 29.1 Å². The van der Waals surface area contributed by atoms with Gasteiger partial charge in [-0.15, -0.1) is 0 Å². The lowest BCUT2D eigenvalue weighted by Crippen LogP contribution is -2.33. The van der Waals surface area contributed by atoms with Crippen molar-refractivity contribution >= 4 is 5.91 Å². The molecule has 0 radical (unpaired) electrons. The molecule has 2 heteroatoms. The van der Waals surface area contributed by atoms with Crippen molar-refractivity contribution in [1.82, 2.24) is 5.32 Å². The second kappa shape index (κ2) is 6.23. The minimum absolute atomic E-state index is 0.154. The zero-order chi connectivity index (χ0) is 11.1. The van der Waals surface area contributed by atoms with Crippen LogP contribution in [-0.2, 0) is 11.2 Å². The summed E-state index contributed by atoms with van der Waals surface area (Å²) in [5.41, 5.74) is 1.27. The molecule has 2 nitrogen and oxygen atoms in total. The van der Waals surface area contributed by atoms with Crippen LogP contribution in [0.15, 0.2) is 30.3 Å². The fraction of sp³-hybridized carbons (Fsp3) is 0.462. The molecule has 1 N–H and O–H groups in total. The minimum atomic E-state index is 0.154. The van der Waals surface area contributed by atoms with Crippen molar-refractivity contribution in [3.05, 3.63) is 35.9 Å². The number of hydrogen-bond donors (Lipinski definition) is 1. The highest BCUT2D eigenvalue weighted by atomic mass is 16.1. The number of amides is 1. The molecule has 0 saturated heterocycles. The summed E-state index contributed by atoms with van der Waals surface area (Å²) in [5, 5.41) is 2.99. The van der Waals surface area contributed by atoms with Gasteiger partial charge in [-0.2, -0.15) is 0 Å². The molecule has 0 aliphatic heterocycles. The van der Waals surface area contributed by atoms with E-state index in [9.17, 15) is 4.79 Å². The van der Waals surface area contributed by atoms with Gasteiger partial charge in [0.25, 0.3) is 0 Å². The molecule has 82 valence electrons. The Hall–Kier alpha value is -1.31. The van der Waals surface area contributed by atoms with E-state index in [1.54, 1.807) is 0 Å². The van der Waals surface area contributed by atoms with Crippen molar-refractivity contribution in [2.24, 2.45) is 0 Å². The first-order valence-corrected chi connectivity index (χ1v) is 5.55. The maximum Gasteiger partial charge on any atom is 0.220 e. The summed E-state index contributed by atoms with van der Waals surface area (Å²) in [4.78, 5) is 11.3. The average Bonchev–Trinajstić information content (AvgIpc) is 2.19. The van der Waals surface area contributed by atoms with Crippen LogP contribution in [0.3, 0.4) is 0 Å². The van der Waals surface area contributed by atoms with Crippen molar-refractivity contribution in [2.75, 3.05) is 0 Å². The maximum absolute atomic E-state index is 11.3. The summed E-state index contributed by atoms with van der Waals surface area (Å²) in [6.45, 7) is 4.06.